The summed E-state index contributed by atoms with van der Waals surface area (Å²) in [5.74, 6) is -0.0575. The Morgan fingerprint density at radius 1 is 1.10 bits per heavy atom. The zero-order chi connectivity index (χ0) is 21.7. The number of hydrogen-bond donors (Lipinski definition) is 1. The minimum Gasteiger partial charge on any atom is -0.489 e. The van der Waals surface area contributed by atoms with E-state index in [1.807, 2.05) is 31.4 Å². The van der Waals surface area contributed by atoms with Crippen LogP contribution < -0.4 is 4.74 Å². The molecule has 0 radical (unpaired) electrons. The summed E-state index contributed by atoms with van der Waals surface area (Å²) in [6.07, 6.45) is 1.59. The summed E-state index contributed by atoms with van der Waals surface area (Å²) in [7, 11) is 0. The average Bonchev–Trinajstić information content (AvgIpc) is 3.17. The number of ether oxygens (including phenoxy) is 1. The van der Waals surface area contributed by atoms with Crippen LogP contribution in [0.25, 0.3) is 11.1 Å². The Kier molecular flexibility index (Phi) is 7.27. The van der Waals surface area contributed by atoms with Gasteiger partial charge < -0.3 is 9.84 Å². The van der Waals surface area contributed by atoms with Crippen molar-refractivity contribution in [1.82, 2.24) is 0 Å². The maximum Gasteiger partial charge on any atom is 0.303 e. The van der Waals surface area contributed by atoms with E-state index in [-0.39, 0.29) is 6.42 Å². The molecule has 1 N–H and O–H groups in total. The molecule has 0 amide bonds. The molecule has 158 valence electrons. The smallest absolute Gasteiger partial charge is 0.303 e. The molecular weight excluding hydrogens is 399 g/mol. The monoisotopic (exact) mass is 426 g/mol. The zero-order valence-corrected chi connectivity index (χ0v) is 18.4. The third kappa shape index (κ3) is 4.90. The molecule has 2 aromatic carbocycles. The number of thiophene rings is 1. The van der Waals surface area contributed by atoms with Crippen LogP contribution in [0.3, 0.4) is 0 Å². The first kappa shape index (κ1) is 22.0. The molecule has 3 rings (SSSR count). The first-order valence-corrected chi connectivity index (χ1v) is 11.0. The minimum absolute atomic E-state index is 0.107. The number of alkyl halides is 1. The van der Waals surface area contributed by atoms with Gasteiger partial charge in [-0.3, -0.25) is 4.79 Å². The minimum atomic E-state index is -0.803. The fourth-order valence-corrected chi connectivity index (χ4v) is 4.44. The first-order valence-electron chi connectivity index (χ1n) is 10.1. The van der Waals surface area contributed by atoms with Gasteiger partial charge in [-0.2, -0.15) is 0 Å². The van der Waals surface area contributed by atoms with Crippen molar-refractivity contribution < 1.29 is 19.0 Å². The fraction of sp³-hybridized carbons (Fsp3) is 0.320. The largest absolute Gasteiger partial charge is 0.489 e. The Morgan fingerprint density at radius 3 is 2.47 bits per heavy atom. The van der Waals surface area contributed by atoms with Gasteiger partial charge in [0.05, 0.1) is 0 Å². The average molecular weight is 427 g/mol. The third-order valence-electron chi connectivity index (χ3n) is 5.61. The standard InChI is InChI=1S/C25H27FO3S/c1-4-18-5-7-20(8-6-18)22-15-30-24(13-26)21(22)14-29-23-11-9-19(10-12-25(27)28)16(2)17(23)3/h5-9,11,15H,4,10,12-14H2,1-3H3,(H,27,28). The number of aryl methyl sites for hydroxylation is 2. The summed E-state index contributed by atoms with van der Waals surface area (Å²) in [6, 6.07) is 12.2. The highest BCUT2D eigenvalue weighted by Crippen LogP contribution is 2.34. The van der Waals surface area contributed by atoms with Gasteiger partial charge in [-0.1, -0.05) is 37.3 Å². The van der Waals surface area contributed by atoms with Crippen molar-refractivity contribution in [2.24, 2.45) is 0 Å². The molecule has 0 aliphatic rings. The van der Waals surface area contributed by atoms with Gasteiger partial charge in [-0.15, -0.1) is 11.3 Å². The number of halogens is 1. The molecule has 0 aliphatic heterocycles. The van der Waals surface area contributed by atoms with Gasteiger partial charge in [0.1, 0.15) is 19.0 Å². The van der Waals surface area contributed by atoms with Gasteiger partial charge in [-0.25, -0.2) is 4.39 Å². The number of carboxylic acids is 1. The molecule has 0 fully saturated rings. The maximum absolute atomic E-state index is 13.6. The van der Waals surface area contributed by atoms with Gasteiger partial charge >= 0.3 is 5.97 Å². The SMILES string of the molecule is CCc1ccc(-c2csc(CF)c2COc2ccc(CCC(=O)O)c(C)c2C)cc1. The molecule has 0 saturated carbocycles. The highest BCUT2D eigenvalue weighted by molar-refractivity contribution is 7.10. The molecule has 0 saturated heterocycles. The molecule has 0 aliphatic carbocycles. The van der Waals surface area contributed by atoms with Crippen molar-refractivity contribution >= 4 is 17.3 Å². The number of carboxylic acid groups (broad SMARTS) is 1. The van der Waals surface area contributed by atoms with Crippen LogP contribution in [-0.2, 0) is 30.9 Å². The Labute approximate surface area is 181 Å². The highest BCUT2D eigenvalue weighted by atomic mass is 32.1. The molecule has 0 unspecified atom stereocenters. The van der Waals surface area contributed by atoms with Crippen LogP contribution in [0.5, 0.6) is 5.75 Å². The third-order valence-corrected chi connectivity index (χ3v) is 6.60. The molecule has 1 heterocycles. The van der Waals surface area contributed by atoms with Crippen molar-refractivity contribution in [3.63, 3.8) is 0 Å². The van der Waals surface area contributed by atoms with Crippen molar-refractivity contribution in [1.29, 1.82) is 0 Å². The second-order valence-electron chi connectivity index (χ2n) is 7.39. The van der Waals surface area contributed by atoms with Crippen molar-refractivity contribution in [3.05, 3.63) is 74.5 Å². The van der Waals surface area contributed by atoms with E-state index in [0.717, 1.165) is 45.6 Å². The second-order valence-corrected chi connectivity index (χ2v) is 8.35. The van der Waals surface area contributed by atoms with Crippen LogP contribution in [0.15, 0.2) is 41.8 Å². The molecule has 3 aromatic rings. The Bertz CT molecular complexity index is 1020. The van der Waals surface area contributed by atoms with Gasteiger partial charge in [0.25, 0.3) is 0 Å². The maximum atomic E-state index is 13.6. The molecule has 3 nitrogen and oxygen atoms in total. The second kappa shape index (κ2) is 9.90. The topological polar surface area (TPSA) is 46.5 Å². The van der Waals surface area contributed by atoms with E-state index in [2.05, 4.69) is 31.2 Å². The lowest BCUT2D eigenvalue weighted by Crippen LogP contribution is -2.03. The van der Waals surface area contributed by atoms with E-state index < -0.39 is 12.6 Å². The summed E-state index contributed by atoms with van der Waals surface area (Å²) in [4.78, 5) is 11.6. The molecule has 30 heavy (non-hydrogen) atoms. The number of carbonyl (C=O) groups is 1. The number of aliphatic carboxylic acids is 1. The summed E-state index contributed by atoms with van der Waals surface area (Å²) >= 11 is 1.42. The fourth-order valence-electron chi connectivity index (χ4n) is 3.53. The lowest BCUT2D eigenvalue weighted by atomic mass is 9.98. The van der Waals surface area contributed by atoms with Crippen LogP contribution in [-0.4, -0.2) is 11.1 Å². The summed E-state index contributed by atoms with van der Waals surface area (Å²) in [5, 5.41) is 10.9. The molecule has 1 aromatic heterocycles. The summed E-state index contributed by atoms with van der Waals surface area (Å²) < 4.78 is 19.7. The van der Waals surface area contributed by atoms with Crippen LogP contribution in [0.2, 0.25) is 0 Å². The van der Waals surface area contributed by atoms with E-state index in [4.69, 9.17) is 9.84 Å². The normalized spacial score (nSPS) is 10.9. The quantitative estimate of drug-likeness (QED) is 0.416. The summed E-state index contributed by atoms with van der Waals surface area (Å²) in [6.45, 7) is 5.86. The number of rotatable bonds is 9. The van der Waals surface area contributed by atoms with Crippen molar-refractivity contribution in [3.8, 4) is 16.9 Å². The van der Waals surface area contributed by atoms with E-state index in [1.54, 1.807) is 0 Å². The van der Waals surface area contributed by atoms with Crippen molar-refractivity contribution in [2.75, 3.05) is 0 Å². The number of benzene rings is 2. The Morgan fingerprint density at radius 2 is 1.83 bits per heavy atom. The Hall–Kier alpha value is -2.66. The lowest BCUT2D eigenvalue weighted by molar-refractivity contribution is -0.136. The van der Waals surface area contributed by atoms with Gasteiger partial charge in [0.15, 0.2) is 0 Å². The van der Waals surface area contributed by atoms with Crippen LogP contribution >= 0.6 is 11.3 Å². The van der Waals surface area contributed by atoms with Gasteiger partial charge in [0, 0.05) is 16.9 Å². The first-order chi connectivity index (χ1) is 14.4. The predicted octanol–water partition coefficient (Wildman–Crippen LogP) is 6.66. The van der Waals surface area contributed by atoms with Crippen LogP contribution in [0, 0.1) is 13.8 Å². The van der Waals surface area contributed by atoms with Gasteiger partial charge in [0.2, 0.25) is 0 Å². The van der Waals surface area contributed by atoms with E-state index in [0.29, 0.717) is 17.9 Å². The highest BCUT2D eigenvalue weighted by Gasteiger charge is 2.16. The lowest BCUT2D eigenvalue weighted by Gasteiger charge is -2.15. The molecule has 5 heteroatoms. The molecular formula is C25H27FO3S. The van der Waals surface area contributed by atoms with E-state index in [9.17, 15) is 9.18 Å². The van der Waals surface area contributed by atoms with Crippen LogP contribution in [0.4, 0.5) is 4.39 Å². The molecule has 0 spiro atoms. The van der Waals surface area contributed by atoms with Crippen LogP contribution in [0.1, 0.15) is 46.0 Å². The zero-order valence-electron chi connectivity index (χ0n) is 17.6. The van der Waals surface area contributed by atoms with Gasteiger partial charge in [-0.05, 0) is 71.5 Å². The Balaban J connectivity index is 1.82. The predicted molar refractivity (Wildman–Crippen MR) is 120 cm³/mol. The molecule has 0 bridgehead atoms. The van der Waals surface area contributed by atoms with E-state index in [1.165, 1.54) is 16.9 Å². The molecule has 0 atom stereocenters. The van der Waals surface area contributed by atoms with E-state index >= 15 is 0 Å². The van der Waals surface area contributed by atoms with Crippen molar-refractivity contribution in [2.45, 2.75) is 53.3 Å². The summed E-state index contributed by atoms with van der Waals surface area (Å²) in [5.41, 5.74) is 7.29. The number of hydrogen-bond acceptors (Lipinski definition) is 3.